The summed E-state index contributed by atoms with van der Waals surface area (Å²) in [6.45, 7) is 2.25. The molecule has 3 aromatic rings. The zero-order chi connectivity index (χ0) is 22.4. The Bertz CT molecular complexity index is 1090. The van der Waals surface area contributed by atoms with E-state index in [0.29, 0.717) is 17.3 Å². The Labute approximate surface area is 187 Å². The van der Waals surface area contributed by atoms with Crippen molar-refractivity contribution in [3.8, 4) is 0 Å². The molecule has 10 heteroatoms. The molecule has 2 heterocycles. The molecule has 1 aromatic carbocycles. The van der Waals surface area contributed by atoms with Gasteiger partial charge < -0.3 is 19.4 Å². The van der Waals surface area contributed by atoms with Crippen LogP contribution >= 0.6 is 23.1 Å². The maximum absolute atomic E-state index is 12.6. The van der Waals surface area contributed by atoms with E-state index < -0.39 is 11.9 Å². The lowest BCUT2D eigenvalue weighted by atomic mass is 10.1. The third-order valence-electron chi connectivity index (χ3n) is 4.37. The Balaban J connectivity index is 1.70. The van der Waals surface area contributed by atoms with Crippen LogP contribution in [0.25, 0.3) is 0 Å². The molecule has 0 unspecified atom stereocenters. The predicted octanol–water partition coefficient (Wildman–Crippen LogP) is 3.61. The van der Waals surface area contributed by atoms with Crippen molar-refractivity contribution in [2.45, 2.75) is 18.6 Å². The highest BCUT2D eigenvalue weighted by Gasteiger charge is 2.26. The van der Waals surface area contributed by atoms with Crippen molar-refractivity contribution in [1.29, 1.82) is 0 Å². The van der Waals surface area contributed by atoms with Crippen LogP contribution in [0.1, 0.15) is 31.2 Å². The number of benzene rings is 1. The molecule has 0 radical (unpaired) electrons. The van der Waals surface area contributed by atoms with Crippen LogP contribution in [0.4, 0.5) is 5.00 Å². The van der Waals surface area contributed by atoms with Crippen molar-refractivity contribution in [1.82, 2.24) is 9.55 Å². The largest absolute Gasteiger partial charge is 0.465 e. The topological polar surface area (TPSA) is 99.5 Å². The van der Waals surface area contributed by atoms with Gasteiger partial charge in [-0.05, 0) is 18.1 Å². The van der Waals surface area contributed by atoms with Crippen molar-refractivity contribution in [3.05, 3.63) is 64.3 Å². The first-order valence-electron chi connectivity index (χ1n) is 9.22. The summed E-state index contributed by atoms with van der Waals surface area (Å²) in [5, 5.41) is 3.66. The lowest BCUT2D eigenvalue weighted by Gasteiger charge is -2.08. The van der Waals surface area contributed by atoms with E-state index in [1.54, 1.807) is 13.1 Å². The fourth-order valence-corrected chi connectivity index (χ4v) is 4.75. The van der Waals surface area contributed by atoms with E-state index in [0.717, 1.165) is 16.9 Å². The number of hydrogen-bond acceptors (Lipinski definition) is 8. The Hall–Kier alpha value is -3.11. The zero-order valence-electron chi connectivity index (χ0n) is 17.2. The fourth-order valence-electron chi connectivity index (χ4n) is 2.87. The molecule has 0 saturated carbocycles. The molecule has 2 aromatic heterocycles. The summed E-state index contributed by atoms with van der Waals surface area (Å²) in [4.78, 5) is 41.3. The van der Waals surface area contributed by atoms with Gasteiger partial charge in [-0.1, -0.05) is 42.1 Å². The number of aromatic nitrogens is 2. The quantitative estimate of drug-likeness (QED) is 0.406. The van der Waals surface area contributed by atoms with Crippen molar-refractivity contribution in [2.24, 2.45) is 0 Å². The normalized spacial score (nSPS) is 10.5. The first kappa shape index (κ1) is 22.6. The number of imidazole rings is 1. The van der Waals surface area contributed by atoms with Crippen LogP contribution in [0, 0.1) is 6.92 Å². The second-order valence-corrected chi connectivity index (χ2v) is 8.37. The molecule has 0 aliphatic rings. The number of carbonyl (C=O) groups is 3. The van der Waals surface area contributed by atoms with Crippen LogP contribution in [-0.4, -0.2) is 47.4 Å². The highest BCUT2D eigenvalue weighted by Crippen LogP contribution is 2.34. The molecular weight excluding hydrogens is 438 g/mol. The molecule has 0 fully saturated rings. The Morgan fingerprint density at radius 3 is 2.52 bits per heavy atom. The number of amides is 1. The van der Waals surface area contributed by atoms with Gasteiger partial charge in [0, 0.05) is 18.9 Å². The van der Waals surface area contributed by atoms with Gasteiger partial charge in [0.25, 0.3) is 0 Å². The van der Waals surface area contributed by atoms with E-state index in [1.807, 2.05) is 41.1 Å². The molecule has 0 aliphatic carbocycles. The zero-order valence-corrected chi connectivity index (χ0v) is 18.8. The van der Waals surface area contributed by atoms with Gasteiger partial charge >= 0.3 is 11.9 Å². The van der Waals surface area contributed by atoms with Crippen LogP contribution in [0.2, 0.25) is 0 Å². The van der Waals surface area contributed by atoms with Gasteiger partial charge in [-0.25, -0.2) is 14.6 Å². The van der Waals surface area contributed by atoms with Gasteiger partial charge in [-0.3, -0.25) is 4.79 Å². The first-order chi connectivity index (χ1) is 14.9. The monoisotopic (exact) mass is 459 g/mol. The molecule has 3 rings (SSSR count). The lowest BCUT2D eigenvalue weighted by molar-refractivity contribution is -0.113. The van der Waals surface area contributed by atoms with Crippen LogP contribution < -0.4 is 5.32 Å². The van der Waals surface area contributed by atoms with Crippen LogP contribution in [0.3, 0.4) is 0 Å². The molecule has 1 N–H and O–H groups in total. The SMILES string of the molecule is COC(=O)c1sc(NC(=O)CSc2nccn2Cc2ccccc2)c(C(=O)OC)c1C. The predicted molar refractivity (Wildman–Crippen MR) is 119 cm³/mol. The van der Waals surface area contributed by atoms with E-state index in [2.05, 4.69) is 10.3 Å². The average Bonchev–Trinajstić information content (AvgIpc) is 3.35. The van der Waals surface area contributed by atoms with E-state index in [-0.39, 0.29) is 27.1 Å². The Morgan fingerprint density at radius 2 is 1.84 bits per heavy atom. The molecule has 0 bridgehead atoms. The second-order valence-electron chi connectivity index (χ2n) is 6.40. The van der Waals surface area contributed by atoms with E-state index in [9.17, 15) is 14.4 Å². The maximum atomic E-state index is 12.6. The molecule has 31 heavy (non-hydrogen) atoms. The Morgan fingerprint density at radius 1 is 1.13 bits per heavy atom. The number of thiophene rings is 1. The number of hydrogen-bond donors (Lipinski definition) is 1. The van der Waals surface area contributed by atoms with Gasteiger partial charge in [0.15, 0.2) is 5.16 Å². The number of nitrogens with zero attached hydrogens (tertiary/aromatic N) is 2. The number of nitrogens with one attached hydrogen (secondary N) is 1. The smallest absolute Gasteiger partial charge is 0.348 e. The molecular formula is C21H21N3O5S2. The van der Waals surface area contributed by atoms with Gasteiger partial charge in [-0.15, -0.1) is 11.3 Å². The molecule has 8 nitrogen and oxygen atoms in total. The number of thioether (sulfide) groups is 1. The Kier molecular flexibility index (Phi) is 7.48. The molecule has 0 spiro atoms. The molecule has 0 atom stereocenters. The number of anilines is 1. The fraction of sp³-hybridized carbons (Fsp3) is 0.238. The van der Waals surface area contributed by atoms with Crippen LogP contribution in [-0.2, 0) is 20.8 Å². The molecule has 1 amide bonds. The molecule has 162 valence electrons. The summed E-state index contributed by atoms with van der Waals surface area (Å²) in [5.74, 6) is -1.46. The van der Waals surface area contributed by atoms with Crippen molar-refractivity contribution < 1.29 is 23.9 Å². The van der Waals surface area contributed by atoms with Gasteiger partial charge in [0.1, 0.15) is 9.88 Å². The number of carbonyl (C=O) groups excluding carboxylic acids is 3. The second kappa shape index (κ2) is 10.3. The minimum atomic E-state index is -0.634. The molecule has 0 aliphatic heterocycles. The highest BCUT2D eigenvalue weighted by atomic mass is 32.2. The van der Waals surface area contributed by atoms with E-state index in [1.165, 1.54) is 26.0 Å². The maximum Gasteiger partial charge on any atom is 0.348 e. The summed E-state index contributed by atoms with van der Waals surface area (Å²) < 4.78 is 11.5. The van der Waals surface area contributed by atoms with Crippen LogP contribution in [0.15, 0.2) is 47.9 Å². The number of esters is 2. The van der Waals surface area contributed by atoms with Crippen molar-refractivity contribution >= 4 is 45.9 Å². The number of rotatable bonds is 8. The van der Waals surface area contributed by atoms with Crippen molar-refractivity contribution in [3.63, 3.8) is 0 Å². The van der Waals surface area contributed by atoms with Crippen molar-refractivity contribution in [2.75, 3.05) is 25.3 Å². The minimum absolute atomic E-state index is 0.0803. The average molecular weight is 460 g/mol. The first-order valence-corrected chi connectivity index (χ1v) is 11.0. The standard InChI is InChI=1S/C21H21N3O5S2/c1-13-16(19(26)28-2)18(31-17(13)20(27)29-3)23-15(25)12-30-21-22-9-10-24(21)11-14-7-5-4-6-8-14/h4-10H,11-12H2,1-3H3,(H,23,25). The van der Waals surface area contributed by atoms with Gasteiger partial charge in [0.05, 0.1) is 25.5 Å². The molecule has 0 saturated heterocycles. The van der Waals surface area contributed by atoms with Gasteiger partial charge in [0.2, 0.25) is 5.91 Å². The summed E-state index contributed by atoms with van der Waals surface area (Å²) >= 11 is 2.26. The summed E-state index contributed by atoms with van der Waals surface area (Å²) in [6.07, 6.45) is 3.54. The highest BCUT2D eigenvalue weighted by molar-refractivity contribution is 7.99. The van der Waals surface area contributed by atoms with E-state index >= 15 is 0 Å². The third kappa shape index (κ3) is 5.33. The third-order valence-corrected chi connectivity index (χ3v) is 6.56. The van der Waals surface area contributed by atoms with Gasteiger partial charge in [-0.2, -0.15) is 0 Å². The number of methoxy groups -OCH3 is 2. The number of ether oxygens (including phenoxy) is 2. The lowest BCUT2D eigenvalue weighted by Crippen LogP contribution is -2.16. The van der Waals surface area contributed by atoms with Crippen LogP contribution in [0.5, 0.6) is 0 Å². The summed E-state index contributed by atoms with van der Waals surface area (Å²) in [7, 11) is 2.50. The summed E-state index contributed by atoms with van der Waals surface area (Å²) in [5.41, 5.74) is 1.68. The minimum Gasteiger partial charge on any atom is -0.465 e. The summed E-state index contributed by atoms with van der Waals surface area (Å²) in [6, 6.07) is 9.94. The van der Waals surface area contributed by atoms with E-state index in [4.69, 9.17) is 9.47 Å².